The predicted octanol–water partition coefficient (Wildman–Crippen LogP) is 2.91. The van der Waals surface area contributed by atoms with E-state index in [1.165, 1.54) is 17.0 Å². The highest BCUT2D eigenvalue weighted by Crippen LogP contribution is 2.32. The number of aromatic nitrogens is 2. The van der Waals surface area contributed by atoms with Crippen molar-refractivity contribution in [3.63, 3.8) is 0 Å². The van der Waals surface area contributed by atoms with Gasteiger partial charge in [-0.2, -0.15) is 0 Å². The summed E-state index contributed by atoms with van der Waals surface area (Å²) in [5.41, 5.74) is 1.22. The van der Waals surface area contributed by atoms with Gasteiger partial charge in [0.15, 0.2) is 0 Å². The Hall–Kier alpha value is -2.68. The quantitative estimate of drug-likeness (QED) is 0.585. The zero-order chi connectivity index (χ0) is 22.3. The number of nitrogens with one attached hydrogen (secondary N) is 1. The molecular weight excluding hydrogens is 424 g/mol. The van der Waals surface area contributed by atoms with Crippen molar-refractivity contribution in [3.8, 4) is 0 Å². The molecule has 2 amide bonds. The zero-order valence-corrected chi connectivity index (χ0v) is 19.5. The minimum Gasteiger partial charge on any atom is -0.372 e. The monoisotopic (exact) mass is 456 g/mol. The molecule has 2 aliphatic heterocycles. The number of rotatable bonds is 9. The molecular formula is C23H32N6O2S. The Morgan fingerprint density at radius 1 is 1.19 bits per heavy atom. The van der Waals surface area contributed by atoms with Gasteiger partial charge >= 0.3 is 0 Å². The molecule has 1 aromatic carbocycles. The third-order valence-electron chi connectivity index (χ3n) is 6.18. The molecule has 9 heteroatoms. The lowest BCUT2D eigenvalue weighted by atomic mass is 9.97. The molecule has 3 heterocycles. The van der Waals surface area contributed by atoms with E-state index in [1.54, 1.807) is 4.90 Å². The van der Waals surface area contributed by atoms with Crippen LogP contribution in [0, 0.1) is 5.92 Å². The molecule has 0 radical (unpaired) electrons. The lowest BCUT2D eigenvalue weighted by Gasteiger charge is -2.31. The largest absolute Gasteiger partial charge is 0.372 e. The number of hydrogen-bond acceptors (Lipinski definition) is 7. The van der Waals surface area contributed by atoms with Crippen molar-refractivity contribution in [2.24, 2.45) is 5.92 Å². The van der Waals surface area contributed by atoms with E-state index in [-0.39, 0.29) is 17.7 Å². The maximum absolute atomic E-state index is 12.8. The average molecular weight is 457 g/mol. The Morgan fingerprint density at radius 2 is 2.00 bits per heavy atom. The van der Waals surface area contributed by atoms with Gasteiger partial charge in [-0.1, -0.05) is 29.5 Å². The van der Waals surface area contributed by atoms with Gasteiger partial charge in [-0.05, 0) is 44.7 Å². The van der Waals surface area contributed by atoms with Crippen molar-refractivity contribution in [2.45, 2.75) is 39.0 Å². The molecule has 0 aliphatic carbocycles. The average Bonchev–Trinajstić information content (AvgIpc) is 3.48. The molecule has 2 saturated heterocycles. The minimum atomic E-state index is -0.0408. The predicted molar refractivity (Wildman–Crippen MR) is 128 cm³/mol. The molecule has 1 N–H and O–H groups in total. The van der Waals surface area contributed by atoms with Crippen LogP contribution in [0.4, 0.5) is 16.0 Å². The number of anilines is 3. The molecule has 0 unspecified atom stereocenters. The number of hydrogen-bond donors (Lipinski definition) is 1. The number of para-hydroxylation sites is 1. The number of amides is 2. The van der Waals surface area contributed by atoms with E-state index < -0.39 is 0 Å². The molecule has 1 atom stereocenters. The lowest BCUT2D eigenvalue weighted by molar-refractivity contribution is -0.125. The second-order valence-corrected chi connectivity index (χ2v) is 9.30. The van der Waals surface area contributed by atoms with E-state index in [1.807, 2.05) is 6.07 Å². The van der Waals surface area contributed by atoms with Gasteiger partial charge in [0.05, 0.1) is 5.92 Å². The Labute approximate surface area is 193 Å². The fourth-order valence-electron chi connectivity index (χ4n) is 4.39. The van der Waals surface area contributed by atoms with Gasteiger partial charge in [0.25, 0.3) is 0 Å². The highest BCUT2D eigenvalue weighted by atomic mass is 32.1. The first-order chi connectivity index (χ1) is 15.7. The van der Waals surface area contributed by atoms with Gasteiger partial charge in [-0.25, -0.2) is 0 Å². The first-order valence-electron chi connectivity index (χ1n) is 11.6. The summed E-state index contributed by atoms with van der Waals surface area (Å²) in [5.74, 6) is 0.204. The molecule has 1 aromatic heterocycles. The molecule has 2 fully saturated rings. The summed E-state index contributed by atoms with van der Waals surface area (Å²) in [5, 5.41) is 13.2. The molecule has 32 heavy (non-hydrogen) atoms. The van der Waals surface area contributed by atoms with E-state index in [0.29, 0.717) is 24.6 Å². The molecule has 0 spiro atoms. The standard InChI is InChI=1S/C23H32N6O2S/c1-2-27(19-10-4-3-5-11-19)15-8-13-24-21(31)18-9-6-14-28(17-18)22-25-26-23(32-22)29-16-7-12-20(29)30/h3-5,10-11,18H,2,6-9,12-17H2,1H3,(H,24,31)/t18-/m0/s1. The molecule has 2 aromatic rings. The van der Waals surface area contributed by atoms with Crippen molar-refractivity contribution < 1.29 is 9.59 Å². The normalized spacial score (nSPS) is 18.8. The lowest BCUT2D eigenvalue weighted by Crippen LogP contribution is -2.43. The summed E-state index contributed by atoms with van der Waals surface area (Å²) in [4.78, 5) is 30.9. The summed E-state index contributed by atoms with van der Waals surface area (Å²) < 4.78 is 0. The van der Waals surface area contributed by atoms with E-state index in [4.69, 9.17) is 0 Å². The molecule has 0 saturated carbocycles. The second-order valence-electron chi connectivity index (χ2n) is 8.36. The van der Waals surface area contributed by atoms with Crippen LogP contribution in [0.25, 0.3) is 0 Å². The Kier molecular flexibility index (Phi) is 7.57. The topological polar surface area (TPSA) is 81.7 Å². The van der Waals surface area contributed by atoms with Crippen LogP contribution in [0.2, 0.25) is 0 Å². The fourth-order valence-corrected chi connectivity index (χ4v) is 5.32. The third-order valence-corrected chi connectivity index (χ3v) is 7.18. The smallest absolute Gasteiger partial charge is 0.228 e. The highest BCUT2D eigenvalue weighted by Gasteiger charge is 2.29. The molecule has 2 aliphatic rings. The zero-order valence-electron chi connectivity index (χ0n) is 18.7. The molecule has 172 valence electrons. The fraction of sp³-hybridized carbons (Fsp3) is 0.565. The van der Waals surface area contributed by atoms with Gasteiger partial charge in [-0.15, -0.1) is 10.2 Å². The van der Waals surface area contributed by atoms with Gasteiger partial charge in [0, 0.05) is 51.4 Å². The number of nitrogens with zero attached hydrogens (tertiary/aromatic N) is 5. The third kappa shape index (κ3) is 5.38. The Morgan fingerprint density at radius 3 is 2.75 bits per heavy atom. The van der Waals surface area contributed by atoms with Crippen LogP contribution in [-0.4, -0.2) is 61.3 Å². The number of benzene rings is 1. The summed E-state index contributed by atoms with van der Waals surface area (Å²) in [7, 11) is 0. The highest BCUT2D eigenvalue weighted by molar-refractivity contribution is 7.19. The first-order valence-corrected chi connectivity index (χ1v) is 12.4. The van der Waals surface area contributed by atoms with Crippen LogP contribution in [0.1, 0.15) is 39.0 Å². The van der Waals surface area contributed by atoms with Gasteiger partial charge in [0.1, 0.15) is 0 Å². The summed E-state index contributed by atoms with van der Waals surface area (Å²) in [6.45, 7) is 6.94. The molecule has 8 nitrogen and oxygen atoms in total. The molecule has 0 bridgehead atoms. The number of carbonyl (C=O) groups is 2. The van der Waals surface area contributed by atoms with E-state index in [0.717, 1.165) is 57.0 Å². The van der Waals surface area contributed by atoms with Crippen molar-refractivity contribution in [3.05, 3.63) is 30.3 Å². The number of piperidine rings is 1. The van der Waals surface area contributed by atoms with Crippen LogP contribution < -0.4 is 20.0 Å². The van der Waals surface area contributed by atoms with Crippen molar-refractivity contribution in [2.75, 3.05) is 54.0 Å². The number of carbonyl (C=O) groups excluding carboxylic acids is 2. The maximum Gasteiger partial charge on any atom is 0.228 e. The minimum absolute atomic E-state index is 0.0408. The Bertz CT molecular complexity index is 905. The van der Waals surface area contributed by atoms with E-state index in [2.05, 4.69) is 56.5 Å². The van der Waals surface area contributed by atoms with E-state index >= 15 is 0 Å². The summed E-state index contributed by atoms with van der Waals surface area (Å²) >= 11 is 1.45. The van der Waals surface area contributed by atoms with Crippen LogP contribution in [-0.2, 0) is 9.59 Å². The van der Waals surface area contributed by atoms with Gasteiger partial charge < -0.3 is 15.1 Å². The van der Waals surface area contributed by atoms with Crippen LogP contribution in [0.15, 0.2) is 30.3 Å². The van der Waals surface area contributed by atoms with Crippen LogP contribution in [0.5, 0.6) is 0 Å². The molecule has 4 rings (SSSR count). The second kappa shape index (κ2) is 10.8. The first kappa shape index (κ1) is 22.5. The maximum atomic E-state index is 12.8. The van der Waals surface area contributed by atoms with Crippen molar-refractivity contribution in [1.82, 2.24) is 15.5 Å². The van der Waals surface area contributed by atoms with Crippen molar-refractivity contribution in [1.29, 1.82) is 0 Å². The SMILES string of the molecule is CCN(CCCNC(=O)[C@H]1CCCN(c2nnc(N3CCCC3=O)s2)C1)c1ccccc1. The van der Waals surface area contributed by atoms with Crippen LogP contribution >= 0.6 is 11.3 Å². The summed E-state index contributed by atoms with van der Waals surface area (Å²) in [6, 6.07) is 10.4. The Balaban J connectivity index is 1.24. The van der Waals surface area contributed by atoms with Gasteiger partial charge in [0.2, 0.25) is 22.1 Å². The van der Waals surface area contributed by atoms with E-state index in [9.17, 15) is 9.59 Å². The van der Waals surface area contributed by atoms with Crippen molar-refractivity contribution >= 4 is 39.1 Å². The van der Waals surface area contributed by atoms with Crippen LogP contribution in [0.3, 0.4) is 0 Å². The summed E-state index contributed by atoms with van der Waals surface area (Å²) in [6.07, 6.45) is 4.22. The van der Waals surface area contributed by atoms with Gasteiger partial charge in [-0.3, -0.25) is 14.5 Å².